The number of halogens is 1. The summed E-state index contributed by atoms with van der Waals surface area (Å²) in [5.41, 5.74) is 0. The molecule has 1 aromatic rings. The Morgan fingerprint density at radius 3 is 2.75 bits per heavy atom. The second-order valence-corrected chi connectivity index (χ2v) is 4.82. The van der Waals surface area contributed by atoms with Gasteiger partial charge in [-0.3, -0.25) is 0 Å². The first-order valence-corrected chi connectivity index (χ1v) is 6.95. The molecule has 3 heteroatoms. The van der Waals surface area contributed by atoms with E-state index in [9.17, 15) is 4.39 Å². The zero-order valence-electron chi connectivity index (χ0n) is 9.75. The molecule has 0 aromatic heterocycles. The van der Waals surface area contributed by atoms with E-state index in [0.717, 1.165) is 5.75 Å². The molecule has 0 radical (unpaired) electrons. The average Bonchev–Trinajstić information content (AvgIpc) is 2.30. The van der Waals surface area contributed by atoms with Crippen molar-refractivity contribution in [2.45, 2.75) is 26.2 Å². The molecule has 1 aromatic carbocycles. The molecule has 90 valence electrons. The van der Waals surface area contributed by atoms with Crippen molar-refractivity contribution in [3.8, 4) is 5.75 Å². The smallest absolute Gasteiger partial charge is 0.165 e. The first kappa shape index (κ1) is 13.4. The summed E-state index contributed by atoms with van der Waals surface area (Å²) in [6.45, 7) is 2.78. The molecule has 1 rings (SSSR count). The van der Waals surface area contributed by atoms with Crippen molar-refractivity contribution in [2.75, 3.05) is 18.1 Å². The summed E-state index contributed by atoms with van der Waals surface area (Å²) in [7, 11) is 0. The van der Waals surface area contributed by atoms with Crippen molar-refractivity contribution in [1.29, 1.82) is 0 Å². The molecule has 0 saturated carbocycles. The molecule has 0 unspecified atom stereocenters. The summed E-state index contributed by atoms with van der Waals surface area (Å²) in [6, 6.07) is 6.54. The molecule has 0 amide bonds. The van der Waals surface area contributed by atoms with E-state index in [1.807, 2.05) is 11.8 Å². The summed E-state index contributed by atoms with van der Waals surface area (Å²) in [5, 5.41) is 0. The van der Waals surface area contributed by atoms with Gasteiger partial charge < -0.3 is 4.74 Å². The van der Waals surface area contributed by atoms with Crippen LogP contribution in [0.25, 0.3) is 0 Å². The largest absolute Gasteiger partial charge is 0.490 e. The van der Waals surface area contributed by atoms with Crippen LogP contribution in [0.3, 0.4) is 0 Å². The molecule has 16 heavy (non-hydrogen) atoms. The normalized spacial score (nSPS) is 10.4. The Morgan fingerprint density at radius 2 is 2.00 bits per heavy atom. The van der Waals surface area contributed by atoms with Gasteiger partial charge in [0.15, 0.2) is 11.6 Å². The topological polar surface area (TPSA) is 9.23 Å². The van der Waals surface area contributed by atoms with Crippen LogP contribution in [0.15, 0.2) is 24.3 Å². The molecule has 0 aliphatic carbocycles. The van der Waals surface area contributed by atoms with Gasteiger partial charge >= 0.3 is 0 Å². The van der Waals surface area contributed by atoms with Crippen LogP contribution in [0, 0.1) is 5.82 Å². The number of benzene rings is 1. The molecule has 1 nitrogen and oxygen atoms in total. The second kappa shape index (κ2) is 8.45. The molecule has 0 bridgehead atoms. The van der Waals surface area contributed by atoms with Crippen LogP contribution in [-0.2, 0) is 0 Å². The van der Waals surface area contributed by atoms with E-state index in [1.54, 1.807) is 18.2 Å². The van der Waals surface area contributed by atoms with Gasteiger partial charge in [0.05, 0.1) is 6.61 Å². The third-order valence-electron chi connectivity index (χ3n) is 2.21. The van der Waals surface area contributed by atoms with Gasteiger partial charge in [-0.1, -0.05) is 31.9 Å². The van der Waals surface area contributed by atoms with Crippen molar-refractivity contribution < 1.29 is 9.13 Å². The first-order valence-electron chi connectivity index (χ1n) is 5.79. The van der Waals surface area contributed by atoms with Gasteiger partial charge in [0.25, 0.3) is 0 Å². The van der Waals surface area contributed by atoms with E-state index in [2.05, 4.69) is 6.92 Å². The molecule has 0 aliphatic rings. The van der Waals surface area contributed by atoms with Gasteiger partial charge in [-0.15, -0.1) is 0 Å². The van der Waals surface area contributed by atoms with Crippen LogP contribution in [0.2, 0.25) is 0 Å². The molecule has 0 fully saturated rings. The minimum absolute atomic E-state index is 0.279. The van der Waals surface area contributed by atoms with Crippen LogP contribution in [0.5, 0.6) is 5.75 Å². The number of ether oxygens (including phenoxy) is 1. The fraction of sp³-hybridized carbons (Fsp3) is 0.538. The number of unbranched alkanes of at least 4 members (excludes halogenated alkanes) is 2. The predicted molar refractivity (Wildman–Crippen MR) is 68.7 cm³/mol. The molecule has 0 N–H and O–H groups in total. The highest BCUT2D eigenvalue weighted by molar-refractivity contribution is 7.99. The fourth-order valence-electron chi connectivity index (χ4n) is 1.33. The van der Waals surface area contributed by atoms with Crippen molar-refractivity contribution in [2.24, 2.45) is 0 Å². The van der Waals surface area contributed by atoms with Crippen LogP contribution in [0.4, 0.5) is 4.39 Å². The van der Waals surface area contributed by atoms with Gasteiger partial charge in [-0.05, 0) is 24.3 Å². The maximum Gasteiger partial charge on any atom is 0.165 e. The monoisotopic (exact) mass is 242 g/mol. The fourth-order valence-corrected chi connectivity index (χ4v) is 2.14. The highest BCUT2D eigenvalue weighted by Gasteiger charge is 2.00. The van der Waals surface area contributed by atoms with Crippen molar-refractivity contribution >= 4 is 11.8 Å². The van der Waals surface area contributed by atoms with Crippen molar-refractivity contribution in [3.63, 3.8) is 0 Å². The van der Waals surface area contributed by atoms with Crippen LogP contribution in [0.1, 0.15) is 26.2 Å². The van der Waals surface area contributed by atoms with Gasteiger partial charge in [-0.2, -0.15) is 11.8 Å². The molecule has 0 aliphatic heterocycles. The summed E-state index contributed by atoms with van der Waals surface area (Å²) in [4.78, 5) is 0. The van der Waals surface area contributed by atoms with Crippen molar-refractivity contribution in [3.05, 3.63) is 30.1 Å². The number of para-hydroxylation sites is 1. The Morgan fingerprint density at radius 1 is 1.19 bits per heavy atom. The Balaban J connectivity index is 2.05. The second-order valence-electron chi connectivity index (χ2n) is 3.60. The van der Waals surface area contributed by atoms with Gasteiger partial charge in [0, 0.05) is 5.75 Å². The maximum atomic E-state index is 13.1. The third kappa shape index (κ3) is 5.40. The Labute approximate surface area is 101 Å². The Kier molecular flexibility index (Phi) is 7.06. The van der Waals surface area contributed by atoms with Crippen LogP contribution >= 0.6 is 11.8 Å². The summed E-state index contributed by atoms with van der Waals surface area (Å²) < 4.78 is 18.5. The zero-order valence-corrected chi connectivity index (χ0v) is 10.6. The summed E-state index contributed by atoms with van der Waals surface area (Å²) in [6.07, 6.45) is 3.81. The lowest BCUT2D eigenvalue weighted by molar-refractivity contribution is 0.325. The van der Waals surface area contributed by atoms with E-state index < -0.39 is 0 Å². The molecular weight excluding hydrogens is 223 g/mol. The molecule has 0 saturated heterocycles. The highest BCUT2D eigenvalue weighted by atomic mass is 32.2. The number of rotatable bonds is 8. The third-order valence-corrected chi connectivity index (χ3v) is 3.25. The van der Waals surface area contributed by atoms with Gasteiger partial charge in [0.1, 0.15) is 0 Å². The van der Waals surface area contributed by atoms with E-state index in [4.69, 9.17) is 4.74 Å². The number of hydrogen-bond donors (Lipinski definition) is 0. The Hall–Kier alpha value is -0.700. The van der Waals surface area contributed by atoms with E-state index in [0.29, 0.717) is 12.4 Å². The first-order chi connectivity index (χ1) is 7.84. The molecule has 0 spiro atoms. The summed E-state index contributed by atoms with van der Waals surface area (Å²) in [5.74, 6) is 2.18. The van der Waals surface area contributed by atoms with E-state index in [1.165, 1.54) is 31.1 Å². The number of hydrogen-bond acceptors (Lipinski definition) is 2. The lowest BCUT2D eigenvalue weighted by atomic mass is 10.3. The lowest BCUT2D eigenvalue weighted by Crippen LogP contribution is -2.02. The SMILES string of the molecule is CCCCCSCCOc1ccccc1F. The predicted octanol–water partition coefficient (Wildman–Crippen LogP) is 4.13. The van der Waals surface area contributed by atoms with E-state index >= 15 is 0 Å². The highest BCUT2D eigenvalue weighted by Crippen LogP contribution is 2.15. The van der Waals surface area contributed by atoms with Crippen LogP contribution < -0.4 is 4.74 Å². The lowest BCUT2D eigenvalue weighted by Gasteiger charge is -2.06. The standard InChI is InChI=1S/C13H19FOS/c1-2-3-6-10-16-11-9-15-13-8-5-4-7-12(13)14/h4-5,7-8H,2-3,6,9-11H2,1H3. The van der Waals surface area contributed by atoms with Gasteiger partial charge in [-0.25, -0.2) is 4.39 Å². The molecule has 0 heterocycles. The molecule has 0 atom stereocenters. The van der Waals surface area contributed by atoms with Gasteiger partial charge in [0.2, 0.25) is 0 Å². The van der Waals surface area contributed by atoms with E-state index in [-0.39, 0.29) is 5.82 Å². The Bertz CT molecular complexity index is 291. The number of thioether (sulfide) groups is 1. The minimum Gasteiger partial charge on any atom is -0.490 e. The minimum atomic E-state index is -0.279. The van der Waals surface area contributed by atoms with Crippen LogP contribution in [-0.4, -0.2) is 18.1 Å². The van der Waals surface area contributed by atoms with Crippen molar-refractivity contribution in [1.82, 2.24) is 0 Å². The molecular formula is C13H19FOS. The quantitative estimate of drug-likeness (QED) is 0.634. The average molecular weight is 242 g/mol. The zero-order chi connectivity index (χ0) is 11.6. The summed E-state index contributed by atoms with van der Waals surface area (Å²) >= 11 is 1.87. The maximum absolute atomic E-state index is 13.1.